The average molecular weight is 1770 g/mol. The van der Waals surface area contributed by atoms with Gasteiger partial charge in [-0.05, 0) is 240 Å². The number of carbonyl (C=O) groups excluding carboxylic acids is 2. The zero-order valence-electron chi connectivity index (χ0n) is 80.4. The average Bonchev–Trinajstić information content (AvgIpc) is 0.721. The number of aliphatic hydroxyl groups is 4. The van der Waals surface area contributed by atoms with Gasteiger partial charge in [0.25, 0.3) is 0 Å². The lowest BCUT2D eigenvalue weighted by Crippen LogP contribution is -2.75. The van der Waals surface area contributed by atoms with Crippen molar-refractivity contribution in [2.75, 3.05) is 42.4 Å². The predicted octanol–water partition coefficient (Wildman–Crippen LogP) is 12.2. The maximum absolute atomic E-state index is 15.9. The molecule has 8 fully saturated rings. The molecule has 8 heterocycles. The van der Waals surface area contributed by atoms with Crippen molar-refractivity contribution in [3.05, 3.63) is 0 Å². The summed E-state index contributed by atoms with van der Waals surface area (Å²) in [6.45, 7) is 58.7. The molecule has 28 nitrogen and oxygen atoms in total. The number of hydrogen-bond acceptors (Lipinski definition) is 28. The van der Waals surface area contributed by atoms with Gasteiger partial charge in [-0.15, -0.1) is 0 Å². The Labute approximate surface area is 720 Å². The second-order valence-electron chi connectivity index (χ2n) is 43.3. The van der Waals surface area contributed by atoms with Crippen LogP contribution in [0.2, 0.25) is 78.6 Å². The monoisotopic (exact) mass is 1770 g/mol. The smallest absolute Gasteiger partial charge is 0.516 e. The van der Waals surface area contributed by atoms with E-state index in [-0.39, 0.29) is 62.8 Å². The molecule has 0 aromatic rings. The van der Waals surface area contributed by atoms with E-state index in [4.69, 9.17) is 93.2 Å². The summed E-state index contributed by atoms with van der Waals surface area (Å²) >= 11 is 0. The highest BCUT2D eigenvalue weighted by Crippen LogP contribution is 2.52. The number of esters is 2. The first-order valence-electron chi connectivity index (χ1n) is 44.9. The molecule has 0 aliphatic carbocycles. The molecule has 8 saturated heterocycles. The van der Waals surface area contributed by atoms with Crippen molar-refractivity contribution in [2.45, 2.75) is 449 Å². The molecule has 0 aromatic carbocycles. The molecule has 8 aliphatic rings. The highest BCUT2D eigenvalue weighted by molar-refractivity contribution is 6.70. The van der Waals surface area contributed by atoms with Crippen LogP contribution in [0.1, 0.15) is 190 Å². The summed E-state index contributed by atoms with van der Waals surface area (Å²) in [6, 6.07) is -0.354. The highest BCUT2D eigenvalue weighted by atomic mass is 28.4. The van der Waals surface area contributed by atoms with Crippen LogP contribution >= 0.6 is 0 Å². The lowest BCUT2D eigenvalue weighted by atomic mass is 9.69. The Morgan fingerprint density at radius 3 is 1.01 bits per heavy atom. The predicted molar refractivity (Wildman–Crippen MR) is 465 cm³/mol. The van der Waals surface area contributed by atoms with Crippen LogP contribution in [0.5, 0.6) is 0 Å². The van der Waals surface area contributed by atoms with E-state index in [1.54, 1.807) is 55.8 Å². The van der Waals surface area contributed by atoms with E-state index in [9.17, 15) is 20.4 Å². The first-order chi connectivity index (χ1) is 54.3. The molecule has 696 valence electrons. The van der Waals surface area contributed by atoms with Crippen LogP contribution in [0.4, 0.5) is 0 Å². The maximum Gasteiger partial charge on any atom is 0.532 e. The summed E-state index contributed by atoms with van der Waals surface area (Å²) in [5.41, 5.74) is -9.79. The lowest BCUT2D eigenvalue weighted by Gasteiger charge is -2.65. The van der Waals surface area contributed by atoms with Crippen molar-refractivity contribution in [1.29, 1.82) is 0 Å². The van der Waals surface area contributed by atoms with Gasteiger partial charge >= 0.3 is 18.9 Å². The molecule has 119 heavy (non-hydrogen) atoms. The summed E-state index contributed by atoms with van der Waals surface area (Å²) in [7, 11) is 2.21. The van der Waals surface area contributed by atoms with Crippen LogP contribution in [0, 0.1) is 47.3 Å². The standard InChI is InChI=1S/C86H166BN2O26Si4/c1-39-61-85(19,94)73-51(7)65(47(3)43-81(15,92)71(106-79-69(112-116(27,28)29)59(88(21)22)41-49(5)98-79)53(9)67(55(11)77(90)102-61)104-63-45-83(17,96-25)75(57(13)100-63)114-118(33,34)35)108-87(110-73)109-66-48(4)44-82(16,93)72(107-80-70(113-117(30,31)32)60(89(23)24)42-50(6)99-80)54(10)68(56(12)78(91)103-62(40-2)86(20,95)74(111-87)52(66)8)105-64-46-84(18,97-26)76(58(14)101-64)115-119(36,37)38/h47-76,79-80,92-95H,39-46H2,1-38H3/q-1/t47-,48-,49-,50-,51+,52+,53+,54+,55-,56-,57+,58+,59+,60+,61-,62-,63+,64+,65+,66+,67+,68+,69-,70-,71-,72-,73-,74-,75+,76+,79+,80+,81-,82-,83-,84-,85-,86-,87?/m1/s1. The van der Waals surface area contributed by atoms with Crippen LogP contribution in [-0.4, -0.2) is 306 Å². The second kappa shape index (κ2) is 38.9. The fourth-order valence-electron chi connectivity index (χ4n) is 21.3. The Balaban J connectivity index is 1.29. The Bertz CT molecular complexity index is 3060. The molecule has 8 aliphatic heterocycles. The maximum atomic E-state index is 15.9. The fourth-order valence-corrected chi connectivity index (χ4v) is 25.9. The molecule has 0 unspecified atom stereocenters. The van der Waals surface area contributed by atoms with Gasteiger partial charge < -0.3 is 123 Å². The largest absolute Gasteiger partial charge is 0.532 e. The lowest BCUT2D eigenvalue weighted by molar-refractivity contribution is -0.318. The minimum Gasteiger partial charge on any atom is -0.516 e. The van der Waals surface area contributed by atoms with Gasteiger partial charge in [0.05, 0.1) is 107 Å². The third kappa shape index (κ3) is 24.1. The minimum absolute atomic E-state index is 0.0710. The summed E-state index contributed by atoms with van der Waals surface area (Å²) in [5, 5.41) is 56.2. The topological polar surface area (TPSA) is 306 Å². The molecular formula is C86H166BN2O26Si4-. The van der Waals surface area contributed by atoms with Gasteiger partial charge in [0, 0.05) is 75.0 Å². The fraction of sp³-hybridized carbons (Fsp3) is 0.977. The normalized spacial score (nSPS) is 48.4. The second-order valence-corrected chi connectivity index (χ2v) is 61.1. The van der Waals surface area contributed by atoms with E-state index in [1.807, 2.05) is 125 Å². The van der Waals surface area contributed by atoms with Crippen molar-refractivity contribution in [2.24, 2.45) is 47.3 Å². The van der Waals surface area contributed by atoms with Crippen LogP contribution in [0.3, 0.4) is 0 Å². The van der Waals surface area contributed by atoms with Gasteiger partial charge in [-0.2, -0.15) is 0 Å². The minimum atomic E-state index is -3.73. The van der Waals surface area contributed by atoms with Gasteiger partial charge in [0.2, 0.25) is 0 Å². The zero-order chi connectivity index (χ0) is 90.1. The number of methoxy groups -OCH3 is 2. The van der Waals surface area contributed by atoms with E-state index >= 15 is 9.59 Å². The first-order valence-corrected chi connectivity index (χ1v) is 58.5. The molecule has 38 atom stereocenters. The molecule has 8 rings (SSSR count). The van der Waals surface area contributed by atoms with Gasteiger partial charge in [-0.25, -0.2) is 0 Å². The van der Waals surface area contributed by atoms with E-state index in [0.29, 0.717) is 12.8 Å². The number of hydrogen-bond donors (Lipinski definition) is 4. The number of fused-ring (bicyclic) bond motifs is 4. The van der Waals surface area contributed by atoms with Gasteiger partial charge in [-0.3, -0.25) is 9.59 Å². The summed E-state index contributed by atoms with van der Waals surface area (Å²) in [6.07, 6.45) is -18.4. The molecule has 0 amide bonds. The van der Waals surface area contributed by atoms with Crippen molar-refractivity contribution in [3.63, 3.8) is 0 Å². The number of likely N-dealkylation sites (N-methyl/N-ethyl adjacent to an activating group) is 2. The first kappa shape index (κ1) is 103. The molecule has 0 saturated carbocycles. The zero-order valence-corrected chi connectivity index (χ0v) is 84.4. The SMILES string of the molecule is CC[C@H]1OC(=O)[C@H](C)[C@@H](O[C@H]2C[C@@](C)(OC)[C@@H](O[Si](C)(C)C)[C@H](C)O2)[C@H](C)[C@@H](O[C@@H]2O[C@H](C)C[C@H](N(C)C)[C@H]2O[Si](C)(C)C)[C@](C)(O)C[C@@H](C)[C@@H]2O[B-]3(O[C@@H]4[C@H](C)[C@@H](O3)[C@](C)(O)[C@@H](CC)OC(=O)[C@H](C)[C@@H](O[C@H]3C[C@@](C)(OC)[C@@H](O[Si](C)(C)C)[C@H](C)O3)[C@H](C)[C@@H](O[C@@H]3O[C@H](C)C[C@H](N(C)C)[C@H]3O[Si](C)(C)C)[C@](C)(O)C[C@H]4C)O[C@H]([C@H]2C)[C@]1(C)O. The van der Waals surface area contributed by atoms with Crippen molar-refractivity contribution in [3.8, 4) is 0 Å². The van der Waals surface area contributed by atoms with E-state index in [1.165, 1.54) is 0 Å². The van der Waals surface area contributed by atoms with Gasteiger partial charge in [0.15, 0.2) is 58.4 Å². The van der Waals surface area contributed by atoms with E-state index < -0.39 is 256 Å². The molecule has 33 heteroatoms. The number of ether oxygens (including phenoxy) is 12. The van der Waals surface area contributed by atoms with Crippen LogP contribution < -0.4 is 0 Å². The number of carbonyl (C=O) groups is 2. The molecular weight excluding hydrogens is 1600 g/mol. The van der Waals surface area contributed by atoms with Crippen LogP contribution in [-0.2, 0) is 103 Å². The summed E-state index contributed by atoms with van der Waals surface area (Å²) in [5.74, 6) is -8.60. The van der Waals surface area contributed by atoms with Gasteiger partial charge in [-0.1, -0.05) is 55.4 Å². The Morgan fingerprint density at radius 2 is 0.731 bits per heavy atom. The number of cyclic esters (lactones) is 2. The molecule has 4 bridgehead atoms. The van der Waals surface area contributed by atoms with Gasteiger partial charge in [0.1, 0.15) is 35.6 Å². The number of rotatable bonds is 22. The van der Waals surface area contributed by atoms with E-state index in [0.717, 1.165) is 0 Å². The van der Waals surface area contributed by atoms with E-state index in [2.05, 4.69) is 88.4 Å². The quantitative estimate of drug-likeness (QED) is 0.0578. The molecule has 4 N–H and O–H groups in total. The van der Waals surface area contributed by atoms with Crippen LogP contribution in [0.25, 0.3) is 0 Å². The summed E-state index contributed by atoms with van der Waals surface area (Å²) in [4.78, 5) is 36.0. The highest BCUT2D eigenvalue weighted by Gasteiger charge is 2.65. The Kier molecular flexibility index (Phi) is 33.8. The Morgan fingerprint density at radius 1 is 0.420 bits per heavy atom. The van der Waals surface area contributed by atoms with Crippen molar-refractivity contribution in [1.82, 2.24) is 9.80 Å². The van der Waals surface area contributed by atoms with Crippen LogP contribution in [0.15, 0.2) is 0 Å². The molecule has 0 radical (unpaired) electrons. The molecule has 0 aromatic heterocycles. The summed E-state index contributed by atoms with van der Waals surface area (Å²) < 4.78 is 141. The van der Waals surface area contributed by atoms with Crippen molar-refractivity contribution < 1.29 is 123 Å². The number of nitrogens with zero attached hydrogens (tertiary/aromatic N) is 2. The molecule has 1 spiro atoms. The third-order valence-corrected chi connectivity index (χ3v) is 30.9. The Hall–Kier alpha value is -1.09. The third-order valence-electron chi connectivity index (χ3n) is 27.0. The van der Waals surface area contributed by atoms with Crippen molar-refractivity contribution >= 4 is 52.2 Å².